The van der Waals surface area contributed by atoms with Crippen molar-refractivity contribution in [2.45, 2.75) is 88.6 Å². The van der Waals surface area contributed by atoms with Gasteiger partial charge in [-0.1, -0.05) is 38.5 Å². The van der Waals surface area contributed by atoms with E-state index in [-0.39, 0.29) is 36.5 Å². The Morgan fingerprint density at radius 1 is 0.636 bits per heavy atom. The molecular weight excluding hydrogens is 280 g/mol. The summed E-state index contributed by atoms with van der Waals surface area (Å²) in [4.78, 5) is 28.8. The molecule has 122 valence electrons. The van der Waals surface area contributed by atoms with Gasteiger partial charge in [-0.15, -0.1) is 0 Å². The highest BCUT2D eigenvalue weighted by Crippen LogP contribution is 2.33. The Morgan fingerprint density at radius 3 is 1.36 bits per heavy atom. The summed E-state index contributed by atoms with van der Waals surface area (Å²) in [6.07, 6.45) is 11.2. The van der Waals surface area contributed by atoms with Gasteiger partial charge in [-0.3, -0.25) is 9.80 Å². The molecule has 2 aliphatic heterocycles. The lowest BCUT2D eigenvalue weighted by Crippen LogP contribution is -2.49. The summed E-state index contributed by atoms with van der Waals surface area (Å²) >= 11 is 0. The van der Waals surface area contributed by atoms with Crippen molar-refractivity contribution < 1.29 is 9.59 Å². The van der Waals surface area contributed by atoms with Gasteiger partial charge in [0.2, 0.25) is 0 Å². The van der Waals surface area contributed by atoms with Crippen molar-refractivity contribution in [1.82, 2.24) is 20.4 Å². The van der Waals surface area contributed by atoms with Crippen LogP contribution in [0.3, 0.4) is 0 Å². The topological polar surface area (TPSA) is 64.7 Å². The number of urea groups is 2. The van der Waals surface area contributed by atoms with Crippen LogP contribution in [-0.2, 0) is 0 Å². The van der Waals surface area contributed by atoms with Crippen LogP contribution in [-0.4, -0.2) is 46.3 Å². The van der Waals surface area contributed by atoms with E-state index in [9.17, 15) is 9.59 Å². The first-order valence-electron chi connectivity index (χ1n) is 8.93. The van der Waals surface area contributed by atoms with Gasteiger partial charge in [-0.2, -0.15) is 0 Å². The van der Waals surface area contributed by atoms with Crippen molar-refractivity contribution in [3.05, 3.63) is 0 Å². The van der Waals surface area contributed by atoms with Crippen LogP contribution in [0.25, 0.3) is 0 Å². The normalized spacial score (nSPS) is 33.8. The van der Waals surface area contributed by atoms with Crippen molar-refractivity contribution in [3.8, 4) is 0 Å². The molecule has 4 amide bonds. The summed E-state index contributed by atoms with van der Waals surface area (Å²) in [6, 6.07) is 0.580. The van der Waals surface area contributed by atoms with Crippen LogP contribution in [0, 0.1) is 0 Å². The number of carbonyl (C=O) groups excluding carboxylic acids is 2. The third kappa shape index (κ3) is 2.23. The first-order chi connectivity index (χ1) is 10.8. The summed E-state index contributed by atoms with van der Waals surface area (Å²) < 4.78 is 0. The van der Waals surface area contributed by atoms with Gasteiger partial charge in [-0.05, 0) is 25.7 Å². The molecule has 0 aromatic carbocycles. The number of carbonyl (C=O) groups is 2. The Kier molecular flexibility index (Phi) is 3.62. The summed E-state index contributed by atoms with van der Waals surface area (Å²) in [6.45, 7) is 0. The third-order valence-electron chi connectivity index (χ3n) is 5.85. The monoisotopic (exact) mass is 306 g/mol. The maximum Gasteiger partial charge on any atom is 0.321 e. The van der Waals surface area contributed by atoms with Crippen molar-refractivity contribution in [2.24, 2.45) is 0 Å². The first kappa shape index (κ1) is 14.2. The van der Waals surface area contributed by atoms with E-state index in [0.29, 0.717) is 0 Å². The van der Waals surface area contributed by atoms with Crippen LogP contribution in [0.2, 0.25) is 0 Å². The molecule has 2 atom stereocenters. The minimum atomic E-state index is -0.176. The molecule has 2 aliphatic carbocycles. The Morgan fingerprint density at radius 2 is 1.00 bits per heavy atom. The van der Waals surface area contributed by atoms with E-state index in [4.69, 9.17) is 0 Å². The second-order valence-electron chi connectivity index (χ2n) is 7.19. The molecule has 0 bridgehead atoms. The molecule has 2 N–H and O–H groups in total. The number of nitrogens with one attached hydrogen (secondary N) is 2. The summed E-state index contributed by atoms with van der Waals surface area (Å²) in [5.41, 5.74) is 0. The van der Waals surface area contributed by atoms with Crippen molar-refractivity contribution >= 4 is 12.1 Å². The summed E-state index contributed by atoms with van der Waals surface area (Å²) in [7, 11) is 0. The zero-order chi connectivity index (χ0) is 15.1. The molecule has 22 heavy (non-hydrogen) atoms. The molecule has 0 spiro atoms. The predicted octanol–water partition coefficient (Wildman–Crippen LogP) is 2.35. The van der Waals surface area contributed by atoms with E-state index in [1.54, 1.807) is 0 Å². The number of hydrogen-bond donors (Lipinski definition) is 2. The smallest absolute Gasteiger partial charge is 0.314 e. The van der Waals surface area contributed by atoms with Gasteiger partial charge in [0, 0.05) is 12.1 Å². The minimum Gasteiger partial charge on any atom is -0.314 e. The van der Waals surface area contributed by atoms with Crippen molar-refractivity contribution in [1.29, 1.82) is 0 Å². The van der Waals surface area contributed by atoms with Gasteiger partial charge in [0.25, 0.3) is 0 Å². The van der Waals surface area contributed by atoms with Crippen LogP contribution in [0.1, 0.15) is 64.2 Å². The second kappa shape index (κ2) is 5.63. The molecule has 4 aliphatic rings. The van der Waals surface area contributed by atoms with Gasteiger partial charge in [0.05, 0.1) is 0 Å². The molecule has 0 aromatic heterocycles. The molecule has 0 aromatic rings. The quantitative estimate of drug-likeness (QED) is 0.822. The molecule has 2 saturated heterocycles. The van der Waals surface area contributed by atoms with E-state index in [0.717, 1.165) is 25.7 Å². The molecule has 2 saturated carbocycles. The summed E-state index contributed by atoms with van der Waals surface area (Å²) in [5.74, 6) is 0. The lowest BCUT2D eigenvalue weighted by molar-refractivity contribution is 0.123. The zero-order valence-electron chi connectivity index (χ0n) is 13.1. The van der Waals surface area contributed by atoms with Crippen LogP contribution < -0.4 is 10.6 Å². The maximum absolute atomic E-state index is 12.5. The summed E-state index contributed by atoms with van der Waals surface area (Å²) in [5, 5.41) is 6.14. The Hall–Kier alpha value is -1.46. The molecule has 4 fully saturated rings. The standard InChI is InChI=1S/C16H26N4O2/c21-15-18-14-13(19(15)11-7-3-1-4-8-11)17-16(22)20(14)12-9-5-2-6-10-12/h11-14H,1-10H2,(H,17,22)(H,18,21)/t13-,14+. The average molecular weight is 306 g/mol. The van der Waals surface area contributed by atoms with Crippen LogP contribution in [0.5, 0.6) is 0 Å². The van der Waals surface area contributed by atoms with E-state index in [1.165, 1.54) is 38.5 Å². The highest BCUT2D eigenvalue weighted by Gasteiger charge is 2.53. The number of hydrogen-bond acceptors (Lipinski definition) is 2. The van der Waals surface area contributed by atoms with E-state index < -0.39 is 0 Å². The fourth-order valence-corrected chi connectivity index (χ4v) is 4.76. The fourth-order valence-electron chi connectivity index (χ4n) is 4.76. The van der Waals surface area contributed by atoms with E-state index >= 15 is 0 Å². The highest BCUT2D eigenvalue weighted by atomic mass is 16.2. The Labute approximate surface area is 131 Å². The molecule has 6 heteroatoms. The number of fused-ring (bicyclic) bond motifs is 1. The van der Waals surface area contributed by atoms with Gasteiger partial charge >= 0.3 is 12.1 Å². The molecular formula is C16H26N4O2. The Balaban J connectivity index is 1.52. The lowest BCUT2D eigenvalue weighted by atomic mass is 9.93. The fraction of sp³-hybridized carbons (Fsp3) is 0.875. The van der Waals surface area contributed by atoms with Gasteiger partial charge < -0.3 is 10.6 Å². The van der Waals surface area contributed by atoms with Crippen LogP contribution in [0.4, 0.5) is 9.59 Å². The van der Waals surface area contributed by atoms with Crippen LogP contribution >= 0.6 is 0 Å². The third-order valence-corrected chi connectivity index (χ3v) is 5.85. The molecule has 0 radical (unpaired) electrons. The van der Waals surface area contributed by atoms with Gasteiger partial charge in [-0.25, -0.2) is 9.59 Å². The molecule has 2 heterocycles. The van der Waals surface area contributed by atoms with Crippen molar-refractivity contribution in [2.75, 3.05) is 0 Å². The highest BCUT2D eigenvalue weighted by molar-refractivity contribution is 5.85. The largest absolute Gasteiger partial charge is 0.321 e. The SMILES string of the molecule is O=C1N[C@H]2[C@@H](NC(=O)N2C2CCCCC2)N1C1CCCCC1. The van der Waals surface area contributed by atoms with E-state index in [1.807, 2.05) is 9.80 Å². The van der Waals surface area contributed by atoms with Gasteiger partial charge in [0.1, 0.15) is 12.3 Å². The zero-order valence-corrected chi connectivity index (χ0v) is 13.1. The maximum atomic E-state index is 12.5. The second-order valence-corrected chi connectivity index (χ2v) is 7.19. The number of amides is 4. The number of nitrogens with zero attached hydrogens (tertiary/aromatic N) is 2. The minimum absolute atomic E-state index is 0.00251. The van der Waals surface area contributed by atoms with Crippen LogP contribution in [0.15, 0.2) is 0 Å². The lowest BCUT2D eigenvalue weighted by Gasteiger charge is -2.34. The van der Waals surface area contributed by atoms with Gasteiger partial charge in [0.15, 0.2) is 0 Å². The average Bonchev–Trinajstić information content (AvgIpc) is 3.01. The van der Waals surface area contributed by atoms with E-state index in [2.05, 4.69) is 10.6 Å². The van der Waals surface area contributed by atoms with Crippen molar-refractivity contribution in [3.63, 3.8) is 0 Å². The predicted molar refractivity (Wildman–Crippen MR) is 82.1 cm³/mol. The molecule has 0 unspecified atom stereocenters. The first-order valence-corrected chi connectivity index (χ1v) is 8.93. The molecule has 4 rings (SSSR count). The Bertz CT molecular complexity index is 415. The molecule has 6 nitrogen and oxygen atoms in total. The number of rotatable bonds is 2.